The lowest BCUT2D eigenvalue weighted by Gasteiger charge is -2.22. The van der Waals surface area contributed by atoms with Crippen molar-refractivity contribution < 1.29 is 13.5 Å². The fourth-order valence-electron chi connectivity index (χ4n) is 1.68. The van der Waals surface area contributed by atoms with Gasteiger partial charge in [-0.15, -0.1) is 0 Å². The van der Waals surface area contributed by atoms with E-state index in [1.165, 1.54) is 4.31 Å². The second kappa shape index (κ2) is 7.03. The third-order valence-electron chi connectivity index (χ3n) is 2.55. The van der Waals surface area contributed by atoms with Gasteiger partial charge in [0.15, 0.2) is 0 Å². The summed E-state index contributed by atoms with van der Waals surface area (Å²) in [6.45, 7) is 2.28. The minimum Gasteiger partial charge on any atom is -0.398 e. The van der Waals surface area contributed by atoms with Crippen LogP contribution in [0.2, 0.25) is 0 Å². The van der Waals surface area contributed by atoms with Gasteiger partial charge in [0, 0.05) is 28.6 Å². The fourth-order valence-corrected chi connectivity index (χ4v) is 5.18. The summed E-state index contributed by atoms with van der Waals surface area (Å²) in [4.78, 5) is 0.0653. The first-order valence-corrected chi connectivity index (χ1v) is 8.72. The monoisotopic (exact) mass is 414 g/mol. The lowest BCUT2D eigenvalue weighted by molar-refractivity contribution is 0.271. The van der Waals surface area contributed by atoms with Crippen LogP contribution < -0.4 is 5.73 Å². The lowest BCUT2D eigenvalue weighted by atomic mass is 10.3. The van der Waals surface area contributed by atoms with E-state index in [-0.39, 0.29) is 23.7 Å². The third kappa shape index (κ3) is 3.91. The Bertz CT molecular complexity index is 526. The number of nitrogen functional groups attached to an aromatic ring is 1. The quantitative estimate of drug-likeness (QED) is 0.697. The van der Waals surface area contributed by atoms with E-state index in [9.17, 15) is 8.42 Å². The topological polar surface area (TPSA) is 83.6 Å². The molecule has 1 aromatic carbocycles. The molecule has 19 heavy (non-hydrogen) atoms. The van der Waals surface area contributed by atoms with E-state index >= 15 is 0 Å². The van der Waals surface area contributed by atoms with E-state index in [1.54, 1.807) is 19.1 Å². The molecule has 0 aliphatic heterocycles. The number of aliphatic hydroxyl groups is 1. The number of benzene rings is 1. The standard InChI is InChI=1S/C11H16Br2N2O3S/c1-2-15(4-3-5-16)19(17,18)11-9(13)6-8(12)7-10(11)14/h6-7,16H,2-5,14H2,1H3. The molecule has 0 unspecified atom stereocenters. The molecule has 0 aromatic heterocycles. The highest BCUT2D eigenvalue weighted by Crippen LogP contribution is 2.33. The van der Waals surface area contributed by atoms with E-state index in [0.29, 0.717) is 21.9 Å². The molecule has 1 aromatic rings. The van der Waals surface area contributed by atoms with E-state index in [2.05, 4.69) is 31.9 Å². The van der Waals surface area contributed by atoms with Gasteiger partial charge < -0.3 is 10.8 Å². The summed E-state index contributed by atoms with van der Waals surface area (Å²) in [6.07, 6.45) is 0.390. The smallest absolute Gasteiger partial charge is 0.246 e. The SMILES string of the molecule is CCN(CCCO)S(=O)(=O)c1c(N)cc(Br)cc1Br. The van der Waals surface area contributed by atoms with E-state index < -0.39 is 10.0 Å². The second-order valence-electron chi connectivity index (χ2n) is 3.88. The molecular formula is C11H16Br2N2O3S. The van der Waals surface area contributed by atoms with Crippen LogP contribution in [0.1, 0.15) is 13.3 Å². The summed E-state index contributed by atoms with van der Waals surface area (Å²) in [5, 5.41) is 8.83. The predicted molar refractivity (Wildman–Crippen MR) is 82.4 cm³/mol. The summed E-state index contributed by atoms with van der Waals surface area (Å²) in [7, 11) is -3.67. The molecule has 0 amide bonds. The van der Waals surface area contributed by atoms with Crippen LogP contribution in [0, 0.1) is 0 Å². The molecule has 0 radical (unpaired) electrons. The van der Waals surface area contributed by atoms with Gasteiger partial charge >= 0.3 is 0 Å². The Kier molecular flexibility index (Phi) is 6.25. The van der Waals surface area contributed by atoms with Gasteiger partial charge in [-0.3, -0.25) is 0 Å². The zero-order valence-corrected chi connectivity index (χ0v) is 14.4. The van der Waals surface area contributed by atoms with Gasteiger partial charge in [0.1, 0.15) is 4.90 Å². The molecule has 0 heterocycles. The van der Waals surface area contributed by atoms with Gasteiger partial charge in [0.05, 0.1) is 5.69 Å². The number of nitrogens with zero attached hydrogens (tertiary/aromatic N) is 1. The number of aliphatic hydroxyl groups excluding tert-OH is 1. The molecule has 0 aliphatic carbocycles. The van der Waals surface area contributed by atoms with Crippen molar-refractivity contribution in [3.8, 4) is 0 Å². The maximum atomic E-state index is 12.5. The van der Waals surface area contributed by atoms with E-state index in [0.717, 1.165) is 0 Å². The molecule has 0 spiro atoms. The number of anilines is 1. The summed E-state index contributed by atoms with van der Waals surface area (Å²) < 4.78 is 27.5. The van der Waals surface area contributed by atoms with Crippen molar-refractivity contribution >= 4 is 47.6 Å². The maximum absolute atomic E-state index is 12.5. The van der Waals surface area contributed by atoms with Gasteiger partial charge in [-0.05, 0) is 34.5 Å². The molecule has 0 bridgehead atoms. The Hall–Kier alpha value is -0.150. The first kappa shape index (κ1) is 16.9. The molecule has 8 heteroatoms. The molecule has 0 saturated heterocycles. The number of hydrogen-bond acceptors (Lipinski definition) is 4. The Morgan fingerprint density at radius 1 is 1.37 bits per heavy atom. The molecular weight excluding hydrogens is 400 g/mol. The summed E-state index contributed by atoms with van der Waals surface area (Å²) >= 11 is 6.49. The highest BCUT2D eigenvalue weighted by atomic mass is 79.9. The predicted octanol–water partition coefficient (Wildman–Crippen LogP) is 2.19. The van der Waals surface area contributed by atoms with Crippen molar-refractivity contribution in [3.05, 3.63) is 21.1 Å². The van der Waals surface area contributed by atoms with Crippen molar-refractivity contribution in [1.29, 1.82) is 0 Å². The number of rotatable bonds is 6. The summed E-state index contributed by atoms with van der Waals surface area (Å²) in [6, 6.07) is 3.20. The van der Waals surface area contributed by atoms with Crippen molar-refractivity contribution in [3.63, 3.8) is 0 Å². The van der Waals surface area contributed by atoms with Crippen LogP contribution >= 0.6 is 31.9 Å². The largest absolute Gasteiger partial charge is 0.398 e. The van der Waals surface area contributed by atoms with E-state index in [4.69, 9.17) is 10.8 Å². The van der Waals surface area contributed by atoms with Gasteiger partial charge in [-0.2, -0.15) is 4.31 Å². The Labute approximate surface area is 130 Å². The Morgan fingerprint density at radius 3 is 2.47 bits per heavy atom. The summed E-state index contributed by atoms with van der Waals surface area (Å²) in [5.74, 6) is 0. The van der Waals surface area contributed by atoms with Gasteiger partial charge in [-0.25, -0.2) is 8.42 Å². The van der Waals surface area contributed by atoms with Crippen LogP contribution in [-0.2, 0) is 10.0 Å². The third-order valence-corrected chi connectivity index (χ3v) is 5.99. The fraction of sp³-hybridized carbons (Fsp3) is 0.455. The highest BCUT2D eigenvalue weighted by Gasteiger charge is 2.27. The van der Waals surface area contributed by atoms with Crippen LogP contribution in [-0.4, -0.2) is 37.5 Å². The van der Waals surface area contributed by atoms with Crippen molar-refractivity contribution in [2.24, 2.45) is 0 Å². The molecule has 3 N–H and O–H groups in total. The van der Waals surface area contributed by atoms with Crippen LogP contribution in [0.25, 0.3) is 0 Å². The molecule has 0 saturated carbocycles. The van der Waals surface area contributed by atoms with Crippen molar-refractivity contribution in [2.75, 3.05) is 25.4 Å². The average Bonchev–Trinajstić information content (AvgIpc) is 2.27. The molecule has 1 rings (SSSR count). The first-order valence-electron chi connectivity index (χ1n) is 5.70. The highest BCUT2D eigenvalue weighted by molar-refractivity contribution is 9.11. The van der Waals surface area contributed by atoms with Crippen LogP contribution in [0.3, 0.4) is 0 Å². The Balaban J connectivity index is 3.26. The minimum absolute atomic E-state index is 0.0526. The van der Waals surface area contributed by atoms with Crippen molar-refractivity contribution in [1.82, 2.24) is 4.31 Å². The molecule has 0 fully saturated rings. The number of nitrogens with two attached hydrogens (primary N) is 1. The number of halogens is 2. The first-order chi connectivity index (χ1) is 8.84. The molecule has 0 atom stereocenters. The number of hydrogen-bond donors (Lipinski definition) is 2. The van der Waals surface area contributed by atoms with Crippen LogP contribution in [0.15, 0.2) is 26.0 Å². The lowest BCUT2D eigenvalue weighted by Crippen LogP contribution is -2.33. The van der Waals surface area contributed by atoms with Crippen LogP contribution in [0.4, 0.5) is 5.69 Å². The Morgan fingerprint density at radius 2 is 2.00 bits per heavy atom. The second-order valence-corrected chi connectivity index (χ2v) is 7.52. The van der Waals surface area contributed by atoms with Gasteiger partial charge in [0.25, 0.3) is 0 Å². The van der Waals surface area contributed by atoms with Gasteiger partial charge in [0.2, 0.25) is 10.0 Å². The maximum Gasteiger partial charge on any atom is 0.246 e. The normalized spacial score (nSPS) is 12.1. The molecule has 5 nitrogen and oxygen atoms in total. The number of sulfonamides is 1. The minimum atomic E-state index is -3.67. The molecule has 0 aliphatic rings. The van der Waals surface area contributed by atoms with Crippen LogP contribution in [0.5, 0.6) is 0 Å². The molecule has 108 valence electrons. The van der Waals surface area contributed by atoms with Gasteiger partial charge in [-0.1, -0.05) is 22.9 Å². The average molecular weight is 416 g/mol. The zero-order valence-electron chi connectivity index (χ0n) is 10.4. The van der Waals surface area contributed by atoms with Crippen molar-refractivity contribution in [2.45, 2.75) is 18.2 Å². The van der Waals surface area contributed by atoms with E-state index in [1.807, 2.05) is 0 Å². The summed E-state index contributed by atoms with van der Waals surface area (Å²) in [5.41, 5.74) is 6.00. The zero-order chi connectivity index (χ0) is 14.6.